The van der Waals surface area contributed by atoms with Gasteiger partial charge in [-0.3, -0.25) is 4.79 Å². The molecule has 344 valence electrons. The molecule has 1 N–H and O–H groups in total. The Hall–Kier alpha value is -1.23. The van der Waals surface area contributed by atoms with Crippen LogP contribution in [0.5, 0.6) is 0 Å². The number of rotatable bonds is 12. The second-order valence-electron chi connectivity index (χ2n) is 20.2. The zero-order chi connectivity index (χ0) is 44.6. The number of hydrogen-bond donors (Lipinski definition) is 1. The third kappa shape index (κ3) is 14.1. The van der Waals surface area contributed by atoms with E-state index >= 15 is 0 Å². The highest BCUT2D eigenvalue weighted by molar-refractivity contribution is 6.74. The number of carbonyl (C=O) groups is 1. The van der Waals surface area contributed by atoms with Crippen molar-refractivity contribution >= 4 is 14.3 Å². The monoisotopic (exact) mass is 856 g/mol. The molecule has 59 heavy (non-hydrogen) atoms. The summed E-state index contributed by atoms with van der Waals surface area (Å²) in [7, 11) is 6.68. The van der Waals surface area contributed by atoms with Crippen LogP contribution in [-0.4, -0.2) is 133 Å². The van der Waals surface area contributed by atoms with E-state index in [1.54, 1.807) is 21.3 Å². The lowest BCUT2D eigenvalue weighted by atomic mass is 9.73. The van der Waals surface area contributed by atoms with Crippen molar-refractivity contribution in [3.05, 3.63) is 24.3 Å². The fraction of sp³-hybridized carbons (Fsp3) is 0.891. The van der Waals surface area contributed by atoms with E-state index in [0.717, 1.165) is 6.42 Å². The van der Waals surface area contributed by atoms with Crippen molar-refractivity contribution in [3.8, 4) is 0 Å². The molecule has 3 aliphatic rings. The summed E-state index contributed by atoms with van der Waals surface area (Å²) >= 11 is 0. The van der Waals surface area contributed by atoms with Crippen LogP contribution in [-0.2, 0) is 47.1 Å². The number of allylic oxidation sites excluding steroid dienone is 2. The number of esters is 1. The van der Waals surface area contributed by atoms with Crippen molar-refractivity contribution in [2.75, 3.05) is 35.4 Å². The first kappa shape index (κ1) is 52.1. The standard InChI is InChI=1S/C46H85NO11Si/c1-28-24-34(25-38(50-14)51-15)42(57-44-30(3)40(47(12)13)41(33(6)55-44)56-39-27-46(10,11)31(4)32(5)54-39)43(52-16)35(48)26-37(49)53-29(2)22-20-19-21-23-36(28)58-59(17,18)45(7,8)9/h19-21,23,28-36,38-44,48H,22,24-27H2,1-18H3/b20-19+,23-21+/t28-,29-,30?,31+,32?,33-,34-,35+,36+,39+,40?,41+,42+,43+,44+/m1/s1. The maximum Gasteiger partial charge on any atom is 0.308 e. The van der Waals surface area contributed by atoms with Crippen LogP contribution < -0.4 is 0 Å². The van der Waals surface area contributed by atoms with Crippen LogP contribution in [0.25, 0.3) is 0 Å². The highest BCUT2D eigenvalue weighted by Gasteiger charge is 2.50. The van der Waals surface area contributed by atoms with Crippen LogP contribution in [0.2, 0.25) is 18.1 Å². The van der Waals surface area contributed by atoms with Crippen molar-refractivity contribution in [2.45, 2.75) is 200 Å². The summed E-state index contributed by atoms with van der Waals surface area (Å²) in [5, 5.41) is 11.9. The van der Waals surface area contributed by atoms with E-state index in [-0.39, 0.29) is 77.5 Å². The van der Waals surface area contributed by atoms with E-state index in [4.69, 9.17) is 42.3 Å². The number of carbonyl (C=O) groups excluding carboxylic acids is 1. The van der Waals surface area contributed by atoms with Gasteiger partial charge >= 0.3 is 5.97 Å². The fourth-order valence-electron chi connectivity index (χ4n) is 8.80. The molecule has 3 aliphatic heterocycles. The summed E-state index contributed by atoms with van der Waals surface area (Å²) in [6, 6.07) is -0.109. The SMILES string of the molecule is COC(C[C@H]1C[C@@H](C)[C@@H](O[Si](C)(C)C(C)(C)C)/C=C/C=C/C[C@@H](C)OC(=O)C[C@H](O)[C@H](OC)[C@H]1O[C@@H]1O[C@H](C)[C@H](O[C@H]2CC(C)(C)[C@@H](C)C(C)O2)C(N(C)C)C1C)OC. The molecule has 3 heterocycles. The van der Waals surface area contributed by atoms with Crippen LogP contribution in [0.1, 0.15) is 108 Å². The van der Waals surface area contributed by atoms with E-state index < -0.39 is 45.2 Å². The first-order valence-electron chi connectivity index (χ1n) is 22.1. The minimum Gasteiger partial charge on any atom is -0.462 e. The maximum atomic E-state index is 13.3. The first-order chi connectivity index (χ1) is 27.4. The largest absolute Gasteiger partial charge is 0.462 e. The van der Waals surface area contributed by atoms with Crippen LogP contribution in [0, 0.1) is 29.1 Å². The van der Waals surface area contributed by atoms with Crippen molar-refractivity contribution in [3.63, 3.8) is 0 Å². The topological polar surface area (TPSA) is 124 Å². The molecular weight excluding hydrogens is 771 g/mol. The van der Waals surface area contributed by atoms with Gasteiger partial charge in [0.05, 0.1) is 36.9 Å². The summed E-state index contributed by atoms with van der Waals surface area (Å²) in [6.45, 7) is 28.4. The zero-order valence-corrected chi connectivity index (χ0v) is 41.1. The summed E-state index contributed by atoms with van der Waals surface area (Å²) in [5.74, 6) is -0.637. The van der Waals surface area contributed by atoms with Crippen LogP contribution >= 0.6 is 0 Å². The van der Waals surface area contributed by atoms with Crippen molar-refractivity contribution in [1.82, 2.24) is 4.90 Å². The van der Waals surface area contributed by atoms with Crippen LogP contribution in [0.4, 0.5) is 0 Å². The average Bonchev–Trinajstić information content (AvgIpc) is 3.12. The highest BCUT2D eigenvalue weighted by atomic mass is 28.4. The van der Waals surface area contributed by atoms with Gasteiger partial charge in [-0.2, -0.15) is 0 Å². The number of cyclic esters (lactones) is 1. The summed E-state index contributed by atoms with van der Waals surface area (Å²) in [6.07, 6.45) is 4.32. The molecule has 15 atom stereocenters. The quantitative estimate of drug-likeness (QED) is 0.116. The van der Waals surface area contributed by atoms with Gasteiger partial charge in [-0.05, 0) is 82.6 Å². The number of methoxy groups -OCH3 is 3. The number of likely N-dealkylation sites (N-methyl/N-ethyl adjacent to an activating group) is 1. The number of nitrogens with zero attached hydrogens (tertiary/aromatic N) is 1. The molecule has 0 aliphatic carbocycles. The number of aliphatic hydroxyl groups is 1. The molecular formula is C46H85NO11Si. The summed E-state index contributed by atoms with van der Waals surface area (Å²) in [4.78, 5) is 15.5. The number of ether oxygens (including phenoxy) is 8. The van der Waals surface area contributed by atoms with Crippen molar-refractivity contribution in [2.24, 2.45) is 29.1 Å². The third-order valence-electron chi connectivity index (χ3n) is 14.0. The highest BCUT2D eigenvalue weighted by Crippen LogP contribution is 2.44. The molecule has 0 aromatic carbocycles. The van der Waals surface area contributed by atoms with E-state index in [1.807, 2.05) is 32.1 Å². The molecule has 3 unspecified atom stereocenters. The lowest BCUT2D eigenvalue weighted by molar-refractivity contribution is -0.329. The van der Waals surface area contributed by atoms with Gasteiger partial charge in [-0.15, -0.1) is 0 Å². The smallest absolute Gasteiger partial charge is 0.308 e. The van der Waals surface area contributed by atoms with E-state index in [2.05, 4.69) is 100 Å². The molecule has 0 saturated carbocycles. The summed E-state index contributed by atoms with van der Waals surface area (Å²) < 4.78 is 58.1. The van der Waals surface area contributed by atoms with Crippen LogP contribution in [0.15, 0.2) is 24.3 Å². The van der Waals surface area contributed by atoms with Gasteiger partial charge in [0.1, 0.15) is 18.3 Å². The van der Waals surface area contributed by atoms with Crippen molar-refractivity contribution < 1.29 is 52.2 Å². The lowest BCUT2D eigenvalue weighted by Crippen LogP contribution is -2.62. The Balaban J connectivity index is 2.12. The molecule has 0 radical (unpaired) electrons. The first-order valence-corrected chi connectivity index (χ1v) is 25.0. The normalized spacial score (nSPS) is 39.5. The second-order valence-corrected chi connectivity index (χ2v) is 25.0. The Morgan fingerprint density at radius 1 is 0.932 bits per heavy atom. The molecule has 2 fully saturated rings. The Morgan fingerprint density at radius 2 is 1.58 bits per heavy atom. The molecule has 13 heteroatoms. The minimum atomic E-state index is -2.22. The predicted molar refractivity (Wildman–Crippen MR) is 234 cm³/mol. The molecule has 0 amide bonds. The van der Waals surface area contributed by atoms with E-state index in [0.29, 0.717) is 25.2 Å². The Bertz CT molecular complexity index is 1330. The van der Waals surface area contributed by atoms with Gasteiger partial charge < -0.3 is 52.3 Å². The molecule has 0 aromatic rings. The molecule has 0 bridgehead atoms. The van der Waals surface area contributed by atoms with E-state index in [9.17, 15) is 9.90 Å². The minimum absolute atomic E-state index is 0.00791. The van der Waals surface area contributed by atoms with Gasteiger partial charge in [0.15, 0.2) is 27.2 Å². The molecule has 3 rings (SSSR count). The van der Waals surface area contributed by atoms with Gasteiger partial charge in [-0.1, -0.05) is 79.7 Å². The van der Waals surface area contributed by atoms with Gasteiger partial charge in [-0.25, -0.2) is 0 Å². The number of aliphatic hydroxyl groups excluding tert-OH is 1. The summed E-state index contributed by atoms with van der Waals surface area (Å²) in [5.41, 5.74) is 0.0479. The third-order valence-corrected chi connectivity index (χ3v) is 18.4. The van der Waals surface area contributed by atoms with Gasteiger partial charge in [0.25, 0.3) is 0 Å². The zero-order valence-electron chi connectivity index (χ0n) is 40.1. The second kappa shape index (κ2) is 22.4. The van der Waals surface area contributed by atoms with Crippen LogP contribution in [0.3, 0.4) is 0 Å². The maximum absolute atomic E-state index is 13.3. The molecule has 2 saturated heterocycles. The predicted octanol–water partition coefficient (Wildman–Crippen LogP) is 8.12. The van der Waals surface area contributed by atoms with E-state index in [1.165, 1.54) is 0 Å². The average molecular weight is 856 g/mol. The van der Waals surface area contributed by atoms with Crippen molar-refractivity contribution in [1.29, 1.82) is 0 Å². The molecule has 0 spiro atoms. The molecule has 12 nitrogen and oxygen atoms in total. The number of hydrogen-bond acceptors (Lipinski definition) is 12. The Labute approximate surface area is 359 Å². The van der Waals surface area contributed by atoms with Gasteiger partial charge in [0, 0.05) is 52.6 Å². The lowest BCUT2D eigenvalue weighted by Gasteiger charge is -2.51. The van der Waals surface area contributed by atoms with Gasteiger partial charge in [0.2, 0.25) is 0 Å². The Morgan fingerprint density at radius 3 is 2.14 bits per heavy atom. The Kier molecular flexibility index (Phi) is 19.8. The fourth-order valence-corrected chi connectivity index (χ4v) is 10.1. The molecule has 0 aromatic heterocycles.